The van der Waals surface area contributed by atoms with Crippen molar-refractivity contribution in [2.24, 2.45) is 0 Å². The third kappa shape index (κ3) is 4.28. The quantitative estimate of drug-likeness (QED) is 0.733. The van der Waals surface area contributed by atoms with Crippen LogP contribution in [0.15, 0.2) is 42.7 Å². The molecule has 0 aliphatic carbocycles. The van der Waals surface area contributed by atoms with E-state index in [1.54, 1.807) is 12.4 Å². The second-order valence-electron chi connectivity index (χ2n) is 5.72. The van der Waals surface area contributed by atoms with E-state index in [0.29, 0.717) is 11.4 Å². The van der Waals surface area contributed by atoms with E-state index in [-0.39, 0.29) is 5.91 Å². The minimum absolute atomic E-state index is 0.116. The second-order valence-corrected chi connectivity index (χ2v) is 6.72. The van der Waals surface area contributed by atoms with E-state index >= 15 is 0 Å². The summed E-state index contributed by atoms with van der Waals surface area (Å²) in [4.78, 5) is 26.3. The minimum atomic E-state index is -0.116. The van der Waals surface area contributed by atoms with Crippen LogP contribution in [0.5, 0.6) is 0 Å². The maximum absolute atomic E-state index is 12.5. The minimum Gasteiger partial charge on any atom is -0.346 e. The van der Waals surface area contributed by atoms with Crippen molar-refractivity contribution in [3.8, 4) is 10.6 Å². The second kappa shape index (κ2) is 7.98. The van der Waals surface area contributed by atoms with Crippen LogP contribution in [-0.4, -0.2) is 20.9 Å². The molecule has 3 heterocycles. The van der Waals surface area contributed by atoms with E-state index < -0.39 is 0 Å². The maximum Gasteiger partial charge on any atom is 0.263 e. The summed E-state index contributed by atoms with van der Waals surface area (Å²) in [6, 6.07) is 9.64. The predicted molar refractivity (Wildman–Crippen MR) is 99.5 cm³/mol. The van der Waals surface area contributed by atoms with Gasteiger partial charge in [0.25, 0.3) is 5.91 Å². The smallest absolute Gasteiger partial charge is 0.263 e. The summed E-state index contributed by atoms with van der Waals surface area (Å²) in [6.07, 6.45) is 5.51. The van der Waals surface area contributed by atoms with E-state index in [1.165, 1.54) is 11.3 Å². The average Bonchev–Trinajstić information content (AvgIpc) is 3.03. The number of pyridine rings is 2. The van der Waals surface area contributed by atoms with Gasteiger partial charge in [-0.3, -0.25) is 14.8 Å². The molecule has 0 spiro atoms. The van der Waals surface area contributed by atoms with Crippen LogP contribution >= 0.6 is 11.3 Å². The highest BCUT2D eigenvalue weighted by Crippen LogP contribution is 2.28. The monoisotopic (exact) mass is 352 g/mol. The normalized spacial score (nSPS) is 10.6. The zero-order chi connectivity index (χ0) is 17.6. The van der Waals surface area contributed by atoms with Crippen LogP contribution in [0.1, 0.15) is 40.1 Å². The Morgan fingerprint density at radius 2 is 2.00 bits per heavy atom. The Kier molecular flexibility index (Phi) is 5.50. The van der Waals surface area contributed by atoms with Crippen molar-refractivity contribution in [1.82, 2.24) is 20.3 Å². The lowest BCUT2D eigenvalue weighted by atomic mass is 10.2. The van der Waals surface area contributed by atoms with Gasteiger partial charge >= 0.3 is 0 Å². The molecule has 0 saturated carbocycles. The van der Waals surface area contributed by atoms with Crippen molar-refractivity contribution in [2.45, 2.75) is 33.2 Å². The zero-order valence-corrected chi connectivity index (χ0v) is 15.1. The summed E-state index contributed by atoms with van der Waals surface area (Å²) in [7, 11) is 0. The molecule has 5 nitrogen and oxygen atoms in total. The Morgan fingerprint density at radius 3 is 2.76 bits per heavy atom. The van der Waals surface area contributed by atoms with Crippen LogP contribution in [0, 0.1) is 6.92 Å². The number of hydrogen-bond acceptors (Lipinski definition) is 5. The summed E-state index contributed by atoms with van der Waals surface area (Å²) in [6.45, 7) is 4.40. The molecule has 0 aromatic carbocycles. The first-order valence-electron chi connectivity index (χ1n) is 8.28. The first-order valence-corrected chi connectivity index (χ1v) is 9.10. The van der Waals surface area contributed by atoms with E-state index in [9.17, 15) is 4.79 Å². The Balaban J connectivity index is 1.75. The van der Waals surface area contributed by atoms with Crippen molar-refractivity contribution in [3.05, 3.63) is 64.7 Å². The number of rotatable bonds is 6. The summed E-state index contributed by atoms with van der Waals surface area (Å²) in [5.74, 6) is -0.116. The molecule has 0 bridgehead atoms. The molecule has 6 heteroatoms. The number of amides is 1. The van der Waals surface area contributed by atoms with Crippen molar-refractivity contribution in [3.63, 3.8) is 0 Å². The first kappa shape index (κ1) is 17.2. The zero-order valence-electron chi connectivity index (χ0n) is 14.3. The van der Waals surface area contributed by atoms with Crippen molar-refractivity contribution in [1.29, 1.82) is 0 Å². The fourth-order valence-corrected chi connectivity index (χ4v) is 3.47. The third-order valence-electron chi connectivity index (χ3n) is 3.73. The lowest BCUT2D eigenvalue weighted by molar-refractivity contribution is 0.0953. The van der Waals surface area contributed by atoms with Gasteiger partial charge in [-0.1, -0.05) is 19.4 Å². The number of carbonyl (C=O) groups excluding carboxylic acids is 1. The van der Waals surface area contributed by atoms with E-state index in [0.717, 1.165) is 40.5 Å². The predicted octanol–water partition coefficient (Wildman–Crippen LogP) is 3.79. The molecule has 0 aliphatic heterocycles. The molecule has 25 heavy (non-hydrogen) atoms. The van der Waals surface area contributed by atoms with Gasteiger partial charge in [0.1, 0.15) is 9.88 Å². The average molecular weight is 352 g/mol. The molecule has 0 fully saturated rings. The van der Waals surface area contributed by atoms with E-state index in [4.69, 9.17) is 0 Å². The number of hydrogen-bond donors (Lipinski definition) is 1. The molecule has 1 N–H and O–H groups in total. The van der Waals surface area contributed by atoms with Gasteiger partial charge in [-0.15, -0.1) is 11.3 Å². The topological polar surface area (TPSA) is 67.8 Å². The third-order valence-corrected chi connectivity index (χ3v) is 4.93. The van der Waals surface area contributed by atoms with E-state index in [2.05, 4.69) is 33.3 Å². The molecule has 0 saturated heterocycles. The number of nitrogens with zero attached hydrogens (tertiary/aromatic N) is 3. The molecule has 3 aromatic heterocycles. The summed E-state index contributed by atoms with van der Waals surface area (Å²) >= 11 is 1.41. The molecular formula is C19H20N4OS. The summed E-state index contributed by atoms with van der Waals surface area (Å²) < 4.78 is 0. The standard InChI is InChI=1S/C19H20N4OS/c1-3-6-15-11-14(8-10-21-15)19-23-13(2)17(25-19)18(24)22-12-16-7-4-5-9-20-16/h4-5,7-11H,3,6,12H2,1-2H3,(H,22,24). The highest BCUT2D eigenvalue weighted by atomic mass is 32.1. The molecule has 3 rings (SSSR count). The van der Waals surface area contributed by atoms with Crippen molar-refractivity contribution in [2.75, 3.05) is 0 Å². The number of aryl methyl sites for hydroxylation is 2. The van der Waals surface area contributed by atoms with Crippen LogP contribution < -0.4 is 5.32 Å². The summed E-state index contributed by atoms with van der Waals surface area (Å²) in [5.41, 5.74) is 3.63. The van der Waals surface area contributed by atoms with Gasteiger partial charge in [0, 0.05) is 23.7 Å². The molecule has 128 valence electrons. The largest absolute Gasteiger partial charge is 0.346 e. The van der Waals surface area contributed by atoms with Gasteiger partial charge in [-0.05, 0) is 37.6 Å². The van der Waals surface area contributed by atoms with Crippen LogP contribution in [-0.2, 0) is 13.0 Å². The highest BCUT2D eigenvalue weighted by molar-refractivity contribution is 7.17. The van der Waals surface area contributed by atoms with Gasteiger partial charge in [0.15, 0.2) is 0 Å². The Labute approximate surface area is 151 Å². The maximum atomic E-state index is 12.5. The van der Waals surface area contributed by atoms with Gasteiger partial charge in [0.05, 0.1) is 17.9 Å². The number of carbonyl (C=O) groups is 1. The molecule has 0 aliphatic rings. The van der Waals surface area contributed by atoms with Crippen LogP contribution in [0.25, 0.3) is 10.6 Å². The van der Waals surface area contributed by atoms with Gasteiger partial charge in [-0.2, -0.15) is 0 Å². The van der Waals surface area contributed by atoms with Crippen LogP contribution in [0.2, 0.25) is 0 Å². The SMILES string of the molecule is CCCc1cc(-c2nc(C)c(C(=O)NCc3ccccn3)s2)ccn1. The number of aromatic nitrogens is 3. The van der Waals surface area contributed by atoms with E-state index in [1.807, 2.05) is 31.2 Å². The molecule has 0 radical (unpaired) electrons. The Morgan fingerprint density at radius 1 is 1.16 bits per heavy atom. The van der Waals surface area contributed by atoms with Crippen LogP contribution in [0.4, 0.5) is 0 Å². The molecular weight excluding hydrogens is 332 g/mol. The Bertz CT molecular complexity index is 861. The van der Waals surface area contributed by atoms with Crippen LogP contribution in [0.3, 0.4) is 0 Å². The summed E-state index contributed by atoms with van der Waals surface area (Å²) in [5, 5.41) is 3.76. The van der Waals surface area contributed by atoms with Crippen molar-refractivity contribution < 1.29 is 4.79 Å². The number of thiazole rings is 1. The molecule has 0 unspecified atom stereocenters. The lowest BCUT2D eigenvalue weighted by Gasteiger charge is -2.03. The first-order chi connectivity index (χ1) is 12.2. The lowest BCUT2D eigenvalue weighted by Crippen LogP contribution is -2.23. The molecule has 1 amide bonds. The highest BCUT2D eigenvalue weighted by Gasteiger charge is 2.16. The number of nitrogens with one attached hydrogen (secondary N) is 1. The molecule has 3 aromatic rings. The van der Waals surface area contributed by atoms with Gasteiger partial charge in [0.2, 0.25) is 0 Å². The molecule has 0 atom stereocenters. The fourth-order valence-electron chi connectivity index (χ4n) is 2.49. The van der Waals surface area contributed by atoms with Gasteiger partial charge in [-0.25, -0.2) is 4.98 Å². The fraction of sp³-hybridized carbons (Fsp3) is 0.263. The van der Waals surface area contributed by atoms with Gasteiger partial charge < -0.3 is 5.32 Å². The Hall–Kier alpha value is -2.60. The van der Waals surface area contributed by atoms with Crippen molar-refractivity contribution >= 4 is 17.2 Å².